The molecular weight excluding hydrogens is 278 g/mol. The van der Waals surface area contributed by atoms with Crippen molar-refractivity contribution in [3.05, 3.63) is 30.5 Å². The number of hydrogen-bond donors (Lipinski definition) is 0. The number of ether oxygens (including phenoxy) is 1. The van der Waals surface area contributed by atoms with E-state index in [1.54, 1.807) is 31.8 Å². The number of nitrogens with zero attached hydrogens (tertiary/aromatic N) is 5. The maximum atomic E-state index is 5.21. The monoisotopic (exact) mass is 289 g/mol. The maximum Gasteiger partial charge on any atom is 0.269 e. The maximum absolute atomic E-state index is 5.21. The van der Waals surface area contributed by atoms with Crippen molar-refractivity contribution in [2.45, 2.75) is 13.0 Å². The first-order valence-corrected chi connectivity index (χ1v) is 6.69. The first-order valence-electron chi connectivity index (χ1n) is 5.88. The third kappa shape index (κ3) is 2.43. The number of thiazole rings is 1. The van der Waals surface area contributed by atoms with Crippen LogP contribution in [0.25, 0.3) is 21.6 Å². The lowest BCUT2D eigenvalue weighted by molar-refractivity contribution is 0.109. The molecule has 3 rings (SSSR count). The van der Waals surface area contributed by atoms with E-state index >= 15 is 0 Å². The van der Waals surface area contributed by atoms with Crippen molar-refractivity contribution in [2.75, 3.05) is 7.11 Å². The molecule has 3 aromatic heterocycles. The molecule has 0 saturated carbocycles. The summed E-state index contributed by atoms with van der Waals surface area (Å²) in [5.74, 6) is 1.51. The third-order valence-electron chi connectivity index (χ3n) is 2.63. The zero-order valence-corrected chi connectivity index (χ0v) is 11.7. The molecule has 0 aliphatic rings. The molecule has 1 unspecified atom stereocenters. The Morgan fingerprint density at radius 3 is 2.80 bits per heavy atom. The lowest BCUT2D eigenvalue weighted by Crippen LogP contribution is -1.97. The van der Waals surface area contributed by atoms with E-state index in [1.165, 1.54) is 11.3 Å². The molecule has 0 saturated heterocycles. The van der Waals surface area contributed by atoms with Gasteiger partial charge in [0.15, 0.2) is 10.8 Å². The minimum Gasteiger partial charge on any atom is -0.374 e. The van der Waals surface area contributed by atoms with Crippen LogP contribution in [-0.2, 0) is 4.74 Å². The number of hydrogen-bond acceptors (Lipinski definition) is 8. The van der Waals surface area contributed by atoms with Crippen molar-refractivity contribution in [3.63, 3.8) is 0 Å². The summed E-state index contributed by atoms with van der Waals surface area (Å²) in [6, 6.07) is 1.76. The second kappa shape index (κ2) is 5.43. The van der Waals surface area contributed by atoms with Gasteiger partial charge in [0.2, 0.25) is 5.82 Å². The summed E-state index contributed by atoms with van der Waals surface area (Å²) in [4.78, 5) is 17.6. The van der Waals surface area contributed by atoms with Crippen molar-refractivity contribution in [1.29, 1.82) is 0 Å². The van der Waals surface area contributed by atoms with E-state index in [2.05, 4.69) is 25.1 Å². The van der Waals surface area contributed by atoms with Crippen LogP contribution < -0.4 is 0 Å². The van der Waals surface area contributed by atoms with Crippen molar-refractivity contribution in [1.82, 2.24) is 25.1 Å². The second-order valence-corrected chi connectivity index (χ2v) is 4.97. The summed E-state index contributed by atoms with van der Waals surface area (Å²) in [6.45, 7) is 1.85. The molecule has 0 aromatic carbocycles. The summed E-state index contributed by atoms with van der Waals surface area (Å²) in [7, 11) is 1.60. The highest BCUT2D eigenvalue weighted by Gasteiger charge is 2.17. The first kappa shape index (κ1) is 12.8. The minimum absolute atomic E-state index is 0.211. The normalized spacial score (nSPS) is 12.5. The lowest BCUT2D eigenvalue weighted by atomic mass is 10.4. The highest BCUT2D eigenvalue weighted by Crippen LogP contribution is 2.29. The van der Waals surface area contributed by atoms with Gasteiger partial charge in [0.1, 0.15) is 11.0 Å². The molecule has 3 heterocycles. The Kier molecular flexibility index (Phi) is 3.48. The van der Waals surface area contributed by atoms with Crippen molar-refractivity contribution in [3.8, 4) is 21.6 Å². The van der Waals surface area contributed by atoms with Crippen LogP contribution in [0.1, 0.15) is 18.9 Å². The van der Waals surface area contributed by atoms with Gasteiger partial charge in [0.05, 0.1) is 6.20 Å². The molecule has 20 heavy (non-hydrogen) atoms. The highest BCUT2D eigenvalue weighted by molar-refractivity contribution is 7.18. The molecule has 0 N–H and O–H groups in total. The fourth-order valence-corrected chi connectivity index (χ4v) is 2.28. The Balaban J connectivity index is 1.89. The van der Waals surface area contributed by atoms with Crippen molar-refractivity contribution in [2.24, 2.45) is 0 Å². The van der Waals surface area contributed by atoms with Crippen molar-refractivity contribution < 1.29 is 9.26 Å². The van der Waals surface area contributed by atoms with E-state index in [9.17, 15) is 0 Å². The lowest BCUT2D eigenvalue weighted by Gasteiger charge is -2.00. The molecule has 0 aliphatic carbocycles. The summed E-state index contributed by atoms with van der Waals surface area (Å²) in [6.07, 6.45) is 4.81. The van der Waals surface area contributed by atoms with Crippen LogP contribution in [0.2, 0.25) is 0 Å². The van der Waals surface area contributed by atoms with Crippen LogP contribution in [0.15, 0.2) is 29.2 Å². The van der Waals surface area contributed by atoms with E-state index in [-0.39, 0.29) is 6.10 Å². The predicted octanol–water partition coefficient (Wildman–Crippen LogP) is 2.36. The standard InChI is InChI=1S/C12H11N5O2S/c1-7(18-2)9-16-11(19-17-9)8-6-15-12(20-8)10-13-4-3-5-14-10/h3-7H,1-2H3. The SMILES string of the molecule is COC(C)c1noc(-c2cnc(-c3ncccn3)s2)n1. The molecule has 0 spiro atoms. The number of methoxy groups -OCH3 is 1. The van der Waals surface area contributed by atoms with Gasteiger partial charge < -0.3 is 9.26 Å². The first-order chi connectivity index (χ1) is 9.78. The van der Waals surface area contributed by atoms with Crippen LogP contribution >= 0.6 is 11.3 Å². The average Bonchev–Trinajstić information content (AvgIpc) is 3.16. The van der Waals surface area contributed by atoms with Gasteiger partial charge in [-0.1, -0.05) is 5.16 Å². The van der Waals surface area contributed by atoms with Gasteiger partial charge in [-0.05, 0) is 13.0 Å². The molecule has 0 aliphatic heterocycles. The number of aromatic nitrogens is 5. The summed E-state index contributed by atoms with van der Waals surface area (Å²) in [5.41, 5.74) is 0. The Labute approximate surface area is 118 Å². The Morgan fingerprint density at radius 1 is 1.25 bits per heavy atom. The van der Waals surface area contributed by atoms with Gasteiger partial charge >= 0.3 is 0 Å². The molecule has 0 bridgehead atoms. The topological polar surface area (TPSA) is 86.8 Å². The third-order valence-corrected chi connectivity index (χ3v) is 3.61. The van der Waals surface area contributed by atoms with Crippen LogP contribution in [-0.4, -0.2) is 32.2 Å². The molecule has 102 valence electrons. The van der Waals surface area contributed by atoms with Gasteiger partial charge in [0, 0.05) is 19.5 Å². The fourth-order valence-electron chi connectivity index (χ4n) is 1.49. The second-order valence-electron chi connectivity index (χ2n) is 3.94. The largest absolute Gasteiger partial charge is 0.374 e. The van der Waals surface area contributed by atoms with Gasteiger partial charge in [-0.2, -0.15) is 4.98 Å². The highest BCUT2D eigenvalue weighted by atomic mass is 32.1. The Hall–Kier alpha value is -2.19. The molecule has 0 fully saturated rings. The molecule has 8 heteroatoms. The fraction of sp³-hybridized carbons (Fsp3) is 0.250. The van der Waals surface area contributed by atoms with E-state index in [0.717, 1.165) is 4.88 Å². The quantitative estimate of drug-likeness (QED) is 0.728. The van der Waals surface area contributed by atoms with Gasteiger partial charge in [-0.15, -0.1) is 11.3 Å². The molecule has 7 nitrogen and oxygen atoms in total. The van der Waals surface area contributed by atoms with Crippen LogP contribution in [0.5, 0.6) is 0 Å². The Bertz CT molecular complexity index is 697. The Morgan fingerprint density at radius 2 is 2.05 bits per heavy atom. The van der Waals surface area contributed by atoms with Crippen molar-refractivity contribution >= 4 is 11.3 Å². The summed E-state index contributed by atoms with van der Waals surface area (Å²) in [5, 5.41) is 4.59. The smallest absolute Gasteiger partial charge is 0.269 e. The summed E-state index contributed by atoms with van der Waals surface area (Å²) < 4.78 is 10.4. The predicted molar refractivity (Wildman–Crippen MR) is 71.9 cm³/mol. The van der Waals surface area contributed by atoms with Gasteiger partial charge in [-0.3, -0.25) is 0 Å². The van der Waals surface area contributed by atoms with Gasteiger partial charge in [-0.25, -0.2) is 15.0 Å². The van der Waals surface area contributed by atoms with Gasteiger partial charge in [0.25, 0.3) is 5.89 Å². The van der Waals surface area contributed by atoms with Crippen LogP contribution in [0.4, 0.5) is 0 Å². The molecule has 3 aromatic rings. The van der Waals surface area contributed by atoms with E-state index in [0.29, 0.717) is 22.5 Å². The van der Waals surface area contributed by atoms with E-state index in [4.69, 9.17) is 9.26 Å². The van der Waals surface area contributed by atoms with Crippen LogP contribution in [0, 0.1) is 0 Å². The average molecular weight is 289 g/mol. The van der Waals surface area contributed by atoms with E-state index in [1.807, 2.05) is 6.92 Å². The molecule has 1 atom stereocenters. The zero-order chi connectivity index (χ0) is 13.9. The minimum atomic E-state index is -0.211. The summed E-state index contributed by atoms with van der Waals surface area (Å²) >= 11 is 1.40. The molecule has 0 amide bonds. The van der Waals surface area contributed by atoms with Crippen LogP contribution in [0.3, 0.4) is 0 Å². The van der Waals surface area contributed by atoms with E-state index < -0.39 is 0 Å². The molecular formula is C12H11N5O2S. The zero-order valence-electron chi connectivity index (χ0n) is 10.8. The number of rotatable bonds is 4. The molecule has 0 radical (unpaired) electrons.